The summed E-state index contributed by atoms with van der Waals surface area (Å²) in [7, 11) is 1.90. The van der Waals surface area contributed by atoms with E-state index in [1.165, 1.54) is 0 Å². The number of alkyl halides is 1. The number of rotatable bonds is 9. The maximum atomic E-state index is 13.4. The summed E-state index contributed by atoms with van der Waals surface area (Å²) in [6.07, 6.45) is 0.117. The topological polar surface area (TPSA) is 45.5 Å². The summed E-state index contributed by atoms with van der Waals surface area (Å²) in [6.45, 7) is 12.5. The third-order valence-electron chi connectivity index (χ3n) is 3.43. The molecule has 1 aliphatic rings. The van der Waals surface area contributed by atoms with Gasteiger partial charge in [-0.1, -0.05) is 21.6 Å². The highest BCUT2D eigenvalue weighted by Gasteiger charge is 2.47. The molecule has 0 aromatic rings. The quantitative estimate of drug-likeness (QED) is 0.312. The van der Waals surface area contributed by atoms with Crippen LogP contribution in [0.25, 0.3) is 0 Å². The van der Waals surface area contributed by atoms with Crippen LogP contribution in [-0.2, 0) is 9.05 Å². The molecule has 1 rings (SSSR count). The van der Waals surface area contributed by atoms with Crippen LogP contribution in [0, 0.1) is 11.3 Å². The minimum atomic E-state index is -1.33. The van der Waals surface area contributed by atoms with Crippen LogP contribution in [-0.4, -0.2) is 46.1 Å². The number of hydrogen-bond donors (Lipinski definition) is 0. The van der Waals surface area contributed by atoms with Crippen LogP contribution < -0.4 is 0 Å². The van der Waals surface area contributed by atoms with Gasteiger partial charge in [-0.15, -0.1) is 0 Å². The Morgan fingerprint density at radius 1 is 1.30 bits per heavy atom. The summed E-state index contributed by atoms with van der Waals surface area (Å²) in [5.74, 6) is 0. The molecule has 8 heteroatoms. The van der Waals surface area contributed by atoms with Crippen LogP contribution in [0.5, 0.6) is 0 Å². The van der Waals surface area contributed by atoms with E-state index in [4.69, 9.17) is 14.3 Å². The van der Waals surface area contributed by atoms with Crippen molar-refractivity contribution >= 4 is 30.1 Å². The van der Waals surface area contributed by atoms with E-state index in [1.54, 1.807) is 21.6 Å². The number of hydrogen-bond acceptors (Lipinski definition) is 6. The van der Waals surface area contributed by atoms with Crippen LogP contribution >= 0.6 is 30.1 Å². The molecule has 0 N–H and O–H groups in total. The van der Waals surface area contributed by atoms with Crippen molar-refractivity contribution in [1.82, 2.24) is 4.67 Å². The third kappa shape index (κ3) is 6.02. The third-order valence-corrected chi connectivity index (χ3v) is 9.24. The summed E-state index contributed by atoms with van der Waals surface area (Å²) >= 11 is 0. The van der Waals surface area contributed by atoms with Gasteiger partial charge < -0.3 is 9.05 Å². The maximum Gasteiger partial charge on any atom is 0.259 e. The SMILES string of the molecule is CC(C)N(C(C)C)P(OCCC#N)O[C@H]1[C@H](CF)SSC1(C)C. The van der Waals surface area contributed by atoms with Gasteiger partial charge in [0.25, 0.3) is 8.53 Å². The number of nitriles is 1. The lowest BCUT2D eigenvalue weighted by Gasteiger charge is -2.39. The van der Waals surface area contributed by atoms with E-state index < -0.39 is 15.2 Å². The van der Waals surface area contributed by atoms with Crippen molar-refractivity contribution in [3.63, 3.8) is 0 Å². The highest BCUT2D eigenvalue weighted by Crippen LogP contribution is 2.58. The second-order valence-corrected chi connectivity index (χ2v) is 11.0. The number of nitrogens with zero attached hydrogens (tertiary/aromatic N) is 2. The van der Waals surface area contributed by atoms with Gasteiger partial charge in [0, 0.05) is 16.8 Å². The number of halogens is 1. The van der Waals surface area contributed by atoms with Crippen LogP contribution in [0.1, 0.15) is 48.0 Å². The molecule has 1 unspecified atom stereocenters. The molecule has 134 valence electrons. The molecule has 1 aliphatic heterocycles. The minimum Gasteiger partial charge on any atom is -0.321 e. The highest BCUT2D eigenvalue weighted by atomic mass is 33.1. The van der Waals surface area contributed by atoms with E-state index >= 15 is 0 Å². The van der Waals surface area contributed by atoms with E-state index in [0.29, 0.717) is 13.0 Å². The molecule has 0 aromatic heterocycles. The predicted molar refractivity (Wildman–Crippen MR) is 99.1 cm³/mol. The zero-order valence-corrected chi connectivity index (χ0v) is 17.3. The van der Waals surface area contributed by atoms with Gasteiger partial charge in [0.2, 0.25) is 0 Å². The molecule has 0 amide bonds. The van der Waals surface area contributed by atoms with Gasteiger partial charge in [-0.2, -0.15) is 5.26 Å². The molecular weight excluding hydrogens is 354 g/mol. The second kappa shape index (κ2) is 9.79. The van der Waals surface area contributed by atoms with Gasteiger partial charge in [0.1, 0.15) is 6.67 Å². The predicted octanol–water partition coefficient (Wildman–Crippen LogP) is 5.16. The summed E-state index contributed by atoms with van der Waals surface area (Å²) < 4.78 is 27.6. The molecule has 23 heavy (non-hydrogen) atoms. The first-order chi connectivity index (χ1) is 10.7. The molecule has 0 spiro atoms. The average Bonchev–Trinajstić information content (AvgIpc) is 2.73. The largest absolute Gasteiger partial charge is 0.321 e. The standard InChI is InChI=1S/C15H28FN2O2PS2/c1-11(2)18(12(3)4)21(19-9-7-8-17)20-14-13(10-16)22-23-15(14,5)6/h11-14H,7,9-10H2,1-6H3/t13-,14-,21?/m0/s1. The first-order valence-corrected chi connectivity index (χ1v) is 11.2. The Balaban J connectivity index is 2.92. The fourth-order valence-corrected chi connectivity index (χ4v) is 7.66. The summed E-state index contributed by atoms with van der Waals surface area (Å²) in [5.41, 5.74) is 0. The van der Waals surface area contributed by atoms with Gasteiger partial charge in [0.05, 0.1) is 30.5 Å². The van der Waals surface area contributed by atoms with E-state index in [2.05, 4.69) is 52.3 Å². The van der Waals surface area contributed by atoms with Gasteiger partial charge in [0.15, 0.2) is 0 Å². The van der Waals surface area contributed by atoms with Crippen LogP contribution in [0.2, 0.25) is 0 Å². The Hall–Kier alpha value is 0.430. The van der Waals surface area contributed by atoms with Gasteiger partial charge in [-0.25, -0.2) is 9.06 Å². The van der Waals surface area contributed by atoms with Crippen molar-refractivity contribution < 1.29 is 13.4 Å². The van der Waals surface area contributed by atoms with E-state index in [1.807, 2.05) is 0 Å². The summed E-state index contributed by atoms with van der Waals surface area (Å²) in [4.78, 5) is 0. The lowest BCUT2D eigenvalue weighted by Crippen LogP contribution is -2.41. The fourth-order valence-electron chi connectivity index (χ4n) is 2.42. The highest BCUT2D eigenvalue weighted by molar-refractivity contribution is 8.77. The molecule has 0 bridgehead atoms. The first-order valence-electron chi connectivity index (χ1n) is 7.90. The molecule has 3 atom stereocenters. The summed E-state index contributed by atoms with van der Waals surface area (Å²) in [6, 6.07) is 2.59. The zero-order chi connectivity index (χ0) is 17.6. The lowest BCUT2D eigenvalue weighted by molar-refractivity contribution is 0.110. The van der Waals surface area contributed by atoms with Gasteiger partial charge in [-0.05, 0) is 41.5 Å². The molecule has 1 fully saturated rings. The molecule has 0 aromatic carbocycles. The Labute approximate surface area is 149 Å². The van der Waals surface area contributed by atoms with Crippen LogP contribution in [0.3, 0.4) is 0 Å². The molecule has 1 heterocycles. The first kappa shape index (κ1) is 21.5. The van der Waals surface area contributed by atoms with Crippen molar-refractivity contribution in [2.75, 3.05) is 13.3 Å². The maximum absolute atomic E-state index is 13.4. The molecule has 4 nitrogen and oxygen atoms in total. The molecule has 0 radical (unpaired) electrons. The van der Waals surface area contributed by atoms with Crippen molar-refractivity contribution in [1.29, 1.82) is 5.26 Å². The monoisotopic (exact) mass is 382 g/mol. The minimum absolute atomic E-state index is 0.166. The molecule has 0 saturated carbocycles. The van der Waals surface area contributed by atoms with Crippen molar-refractivity contribution in [3.8, 4) is 6.07 Å². The Morgan fingerprint density at radius 3 is 2.39 bits per heavy atom. The Morgan fingerprint density at radius 2 is 1.91 bits per heavy atom. The van der Waals surface area contributed by atoms with E-state index in [-0.39, 0.29) is 28.2 Å². The smallest absolute Gasteiger partial charge is 0.259 e. The summed E-state index contributed by atoms with van der Waals surface area (Å²) in [5, 5.41) is 8.57. The van der Waals surface area contributed by atoms with Crippen LogP contribution in [0.15, 0.2) is 0 Å². The Kier molecular flexibility index (Phi) is 9.14. The van der Waals surface area contributed by atoms with Gasteiger partial charge >= 0.3 is 0 Å². The molecule has 0 aliphatic carbocycles. The van der Waals surface area contributed by atoms with Crippen molar-refractivity contribution in [3.05, 3.63) is 0 Å². The zero-order valence-electron chi connectivity index (χ0n) is 14.8. The van der Waals surface area contributed by atoms with E-state index in [0.717, 1.165) is 0 Å². The van der Waals surface area contributed by atoms with Crippen molar-refractivity contribution in [2.24, 2.45) is 0 Å². The molecule has 1 saturated heterocycles. The van der Waals surface area contributed by atoms with Crippen LogP contribution in [0.4, 0.5) is 4.39 Å². The fraction of sp³-hybridized carbons (Fsp3) is 0.933. The Bertz CT molecular complexity index is 399. The second-order valence-electron chi connectivity index (χ2n) is 6.55. The molecular formula is C15H28FN2O2PS2. The normalized spacial score (nSPS) is 25.3. The van der Waals surface area contributed by atoms with E-state index in [9.17, 15) is 4.39 Å². The van der Waals surface area contributed by atoms with Crippen molar-refractivity contribution in [2.45, 2.75) is 76.1 Å². The lowest BCUT2D eigenvalue weighted by atomic mass is 10.0. The van der Waals surface area contributed by atoms with Gasteiger partial charge in [-0.3, -0.25) is 0 Å². The average molecular weight is 383 g/mol.